The largest absolute Gasteiger partial charge is 0.497 e. The van der Waals surface area contributed by atoms with Gasteiger partial charge in [-0.1, -0.05) is 6.07 Å². The molecule has 0 spiro atoms. The van der Waals surface area contributed by atoms with Crippen molar-refractivity contribution in [3.63, 3.8) is 0 Å². The average Bonchev–Trinajstić information content (AvgIpc) is 3.22. The van der Waals surface area contributed by atoms with Crippen molar-refractivity contribution in [1.29, 1.82) is 0 Å². The predicted molar refractivity (Wildman–Crippen MR) is 103 cm³/mol. The van der Waals surface area contributed by atoms with E-state index in [-0.39, 0.29) is 5.69 Å². The molecule has 0 aliphatic carbocycles. The van der Waals surface area contributed by atoms with Gasteiger partial charge in [-0.2, -0.15) is 10.1 Å². The average molecular weight is 384 g/mol. The van der Waals surface area contributed by atoms with E-state index in [0.29, 0.717) is 22.8 Å². The highest BCUT2D eigenvalue weighted by molar-refractivity contribution is 7.13. The van der Waals surface area contributed by atoms with Gasteiger partial charge in [-0.25, -0.2) is 10.2 Å². The van der Waals surface area contributed by atoms with E-state index in [1.807, 2.05) is 17.5 Å². The Hall–Kier alpha value is -3.46. The number of hydrogen-bond donors (Lipinski definition) is 2. The fourth-order valence-electron chi connectivity index (χ4n) is 2.30. The van der Waals surface area contributed by atoms with Crippen LogP contribution in [0.4, 0.5) is 0 Å². The summed E-state index contributed by atoms with van der Waals surface area (Å²) in [5, 5.41) is 5.79. The molecule has 27 heavy (non-hydrogen) atoms. The second-order valence-electron chi connectivity index (χ2n) is 5.27. The van der Waals surface area contributed by atoms with Gasteiger partial charge in [0, 0.05) is 5.56 Å². The highest BCUT2D eigenvalue weighted by Gasteiger charge is 2.11. The van der Waals surface area contributed by atoms with Crippen LogP contribution in [0.5, 0.6) is 11.5 Å². The summed E-state index contributed by atoms with van der Waals surface area (Å²) >= 11 is 1.44. The van der Waals surface area contributed by atoms with Gasteiger partial charge in [-0.15, -0.1) is 11.3 Å². The summed E-state index contributed by atoms with van der Waals surface area (Å²) in [6, 6.07) is 10.4. The van der Waals surface area contributed by atoms with Crippen molar-refractivity contribution in [3.05, 3.63) is 63.5 Å². The van der Waals surface area contributed by atoms with Gasteiger partial charge in [-0.3, -0.25) is 4.79 Å². The molecule has 0 aliphatic heterocycles. The standard InChI is InChI=1S/C18H16N4O4S/c1-25-12-5-6-15(26-2)11(8-12)10-19-22-17(23)14-9-13(20-18(24)21-14)16-4-3-7-27-16/h3-10H,1-2H3,(H,22,23)(H,20,21,24)/b19-10+. The molecule has 2 aromatic heterocycles. The number of hydrogen-bond acceptors (Lipinski definition) is 7. The van der Waals surface area contributed by atoms with Crippen LogP contribution in [0.1, 0.15) is 16.1 Å². The van der Waals surface area contributed by atoms with Crippen molar-refractivity contribution >= 4 is 23.5 Å². The number of benzene rings is 1. The molecule has 0 saturated carbocycles. The molecular formula is C18H16N4O4S. The molecule has 2 N–H and O–H groups in total. The smallest absolute Gasteiger partial charge is 0.346 e. The van der Waals surface area contributed by atoms with Gasteiger partial charge in [0.25, 0.3) is 5.91 Å². The third-order valence-corrected chi connectivity index (χ3v) is 4.47. The Morgan fingerprint density at radius 1 is 1.26 bits per heavy atom. The van der Waals surface area contributed by atoms with Crippen LogP contribution >= 0.6 is 11.3 Å². The highest BCUT2D eigenvalue weighted by Crippen LogP contribution is 2.23. The lowest BCUT2D eigenvalue weighted by Gasteiger charge is -2.06. The minimum atomic E-state index is -0.607. The van der Waals surface area contributed by atoms with Gasteiger partial charge in [0.1, 0.15) is 17.2 Å². The Morgan fingerprint density at radius 3 is 2.81 bits per heavy atom. The van der Waals surface area contributed by atoms with E-state index in [1.54, 1.807) is 25.3 Å². The van der Waals surface area contributed by atoms with Crippen molar-refractivity contribution in [2.24, 2.45) is 5.10 Å². The normalized spacial score (nSPS) is 10.7. The zero-order chi connectivity index (χ0) is 19.2. The van der Waals surface area contributed by atoms with Gasteiger partial charge in [0.2, 0.25) is 0 Å². The molecule has 0 bridgehead atoms. The van der Waals surface area contributed by atoms with Gasteiger partial charge >= 0.3 is 5.69 Å². The molecule has 0 aliphatic rings. The first kappa shape index (κ1) is 18.3. The first-order valence-electron chi connectivity index (χ1n) is 7.81. The van der Waals surface area contributed by atoms with E-state index in [4.69, 9.17) is 9.47 Å². The molecule has 0 fully saturated rings. The van der Waals surface area contributed by atoms with Crippen LogP contribution in [-0.4, -0.2) is 36.3 Å². The number of carbonyl (C=O) groups excluding carboxylic acids is 1. The number of carbonyl (C=O) groups is 1. The molecule has 0 atom stereocenters. The third kappa shape index (κ3) is 4.39. The zero-order valence-corrected chi connectivity index (χ0v) is 15.4. The van der Waals surface area contributed by atoms with Crippen LogP contribution in [0.2, 0.25) is 0 Å². The van der Waals surface area contributed by atoms with E-state index in [2.05, 4.69) is 20.5 Å². The summed E-state index contributed by atoms with van der Waals surface area (Å²) < 4.78 is 10.4. The quantitative estimate of drug-likeness (QED) is 0.501. The van der Waals surface area contributed by atoms with Gasteiger partial charge < -0.3 is 14.5 Å². The SMILES string of the molecule is COc1ccc(OC)c(/C=N/NC(=O)c2cc(-c3cccs3)[nH]c(=O)n2)c1. The fourth-order valence-corrected chi connectivity index (χ4v) is 2.99. The summed E-state index contributed by atoms with van der Waals surface area (Å²) in [4.78, 5) is 31.2. The minimum Gasteiger partial charge on any atom is -0.497 e. The summed E-state index contributed by atoms with van der Waals surface area (Å²) in [7, 11) is 3.08. The van der Waals surface area contributed by atoms with Gasteiger partial charge in [0.05, 0.1) is 31.0 Å². The Kier molecular flexibility index (Phi) is 5.62. The van der Waals surface area contributed by atoms with E-state index >= 15 is 0 Å². The minimum absolute atomic E-state index is 0.0306. The van der Waals surface area contributed by atoms with Crippen molar-refractivity contribution < 1.29 is 14.3 Å². The maximum atomic E-state index is 12.3. The molecule has 3 aromatic rings. The number of hydrazone groups is 1. The molecule has 138 valence electrons. The van der Waals surface area contributed by atoms with Crippen LogP contribution < -0.4 is 20.6 Å². The molecule has 1 aromatic carbocycles. The molecule has 3 rings (SSSR count). The first-order valence-corrected chi connectivity index (χ1v) is 8.69. The van der Waals surface area contributed by atoms with E-state index < -0.39 is 11.6 Å². The van der Waals surface area contributed by atoms with Gasteiger partial charge in [-0.05, 0) is 35.7 Å². The van der Waals surface area contributed by atoms with Crippen LogP contribution in [0.15, 0.2) is 51.7 Å². The molecule has 0 radical (unpaired) electrons. The molecule has 0 unspecified atom stereocenters. The Bertz CT molecular complexity index is 1030. The number of ether oxygens (including phenoxy) is 2. The van der Waals surface area contributed by atoms with Crippen molar-refractivity contribution in [2.45, 2.75) is 0 Å². The number of aromatic nitrogens is 2. The monoisotopic (exact) mass is 384 g/mol. The fraction of sp³-hybridized carbons (Fsp3) is 0.111. The van der Waals surface area contributed by atoms with Crippen LogP contribution in [0, 0.1) is 0 Å². The number of amides is 1. The van der Waals surface area contributed by atoms with Crippen LogP contribution in [0.25, 0.3) is 10.6 Å². The Labute approximate surface area is 158 Å². The lowest BCUT2D eigenvalue weighted by Crippen LogP contribution is -2.24. The number of rotatable bonds is 6. The first-order chi connectivity index (χ1) is 13.1. The summed E-state index contributed by atoms with van der Waals surface area (Å²) in [6.45, 7) is 0. The number of nitrogens with zero attached hydrogens (tertiary/aromatic N) is 2. The van der Waals surface area contributed by atoms with Crippen LogP contribution in [-0.2, 0) is 0 Å². The van der Waals surface area contributed by atoms with E-state index in [1.165, 1.54) is 30.7 Å². The molecule has 8 nitrogen and oxygen atoms in total. The van der Waals surface area contributed by atoms with Crippen molar-refractivity contribution in [1.82, 2.24) is 15.4 Å². The number of methoxy groups -OCH3 is 2. The van der Waals surface area contributed by atoms with Gasteiger partial charge in [0.15, 0.2) is 0 Å². The second kappa shape index (κ2) is 8.28. The summed E-state index contributed by atoms with van der Waals surface area (Å²) in [6.07, 6.45) is 1.42. The number of aromatic amines is 1. The van der Waals surface area contributed by atoms with Crippen LogP contribution in [0.3, 0.4) is 0 Å². The highest BCUT2D eigenvalue weighted by atomic mass is 32.1. The molecule has 9 heteroatoms. The number of H-pyrrole nitrogens is 1. The van der Waals surface area contributed by atoms with E-state index in [9.17, 15) is 9.59 Å². The summed E-state index contributed by atoms with van der Waals surface area (Å²) in [5.74, 6) is 0.598. The number of thiophene rings is 1. The predicted octanol–water partition coefficient (Wildman–Crippen LogP) is 2.28. The molecular weight excluding hydrogens is 368 g/mol. The van der Waals surface area contributed by atoms with Crippen molar-refractivity contribution in [2.75, 3.05) is 14.2 Å². The van der Waals surface area contributed by atoms with Crippen molar-refractivity contribution in [3.8, 4) is 22.1 Å². The Morgan fingerprint density at radius 2 is 2.11 bits per heavy atom. The molecule has 1 amide bonds. The maximum absolute atomic E-state index is 12.3. The number of nitrogens with one attached hydrogen (secondary N) is 2. The lowest BCUT2D eigenvalue weighted by atomic mass is 10.2. The zero-order valence-electron chi connectivity index (χ0n) is 14.6. The lowest BCUT2D eigenvalue weighted by molar-refractivity contribution is 0.0949. The second-order valence-corrected chi connectivity index (χ2v) is 6.22. The maximum Gasteiger partial charge on any atom is 0.346 e. The molecule has 0 saturated heterocycles. The third-order valence-electron chi connectivity index (χ3n) is 3.57. The topological polar surface area (TPSA) is 106 Å². The molecule has 2 heterocycles. The summed E-state index contributed by atoms with van der Waals surface area (Å²) in [5.41, 5.74) is 2.86. The Balaban J connectivity index is 1.79. The van der Waals surface area contributed by atoms with E-state index in [0.717, 1.165) is 4.88 Å².